The van der Waals surface area contributed by atoms with Gasteiger partial charge in [-0.1, -0.05) is 17.7 Å². The van der Waals surface area contributed by atoms with Crippen molar-refractivity contribution in [2.75, 3.05) is 43.4 Å². The maximum atomic E-state index is 17.0. The van der Waals surface area contributed by atoms with Crippen LogP contribution < -0.4 is 20.7 Å². The van der Waals surface area contributed by atoms with Crippen molar-refractivity contribution in [2.45, 2.75) is 55.4 Å². The van der Waals surface area contributed by atoms with E-state index in [1.807, 2.05) is 11.0 Å². The van der Waals surface area contributed by atoms with Gasteiger partial charge in [-0.05, 0) is 49.9 Å². The number of nitrogens with one attached hydrogen (secondary N) is 1. The first kappa shape index (κ1) is 31.5. The van der Waals surface area contributed by atoms with Crippen LogP contribution in [-0.2, 0) is 0 Å². The molecule has 4 fully saturated rings. The van der Waals surface area contributed by atoms with Crippen molar-refractivity contribution in [2.24, 2.45) is 0 Å². The Morgan fingerprint density at radius 1 is 1.25 bits per heavy atom. The summed E-state index contributed by atoms with van der Waals surface area (Å²) >= 11 is 7.69. The fraction of sp³-hybridized carbons (Fsp3) is 0.424. The first-order valence-electron chi connectivity index (χ1n) is 15.7. The number of aromatic nitrogens is 2. The van der Waals surface area contributed by atoms with Crippen LogP contribution in [-0.4, -0.2) is 70.9 Å². The lowest BCUT2D eigenvalue weighted by molar-refractivity contribution is 0.107. The van der Waals surface area contributed by atoms with E-state index in [-0.39, 0.29) is 78.7 Å². The minimum Gasteiger partial charge on any atom is -0.461 e. The molecule has 2 aromatic heterocycles. The first-order valence-corrected chi connectivity index (χ1v) is 16.9. The number of piperazine rings is 1. The third-order valence-corrected chi connectivity index (χ3v) is 11.6. The number of alkyl halides is 1. The van der Waals surface area contributed by atoms with Crippen LogP contribution in [0.2, 0.25) is 5.02 Å². The summed E-state index contributed by atoms with van der Waals surface area (Å²) < 4.78 is 79.9. The number of nitrogen functional groups attached to an aromatic ring is 1. The van der Waals surface area contributed by atoms with Crippen molar-refractivity contribution in [3.8, 4) is 23.2 Å². The third kappa shape index (κ3) is 4.97. The van der Waals surface area contributed by atoms with Crippen LogP contribution in [0.3, 0.4) is 0 Å². The third-order valence-electron chi connectivity index (χ3n) is 10.3. The van der Waals surface area contributed by atoms with Gasteiger partial charge in [-0.3, -0.25) is 4.90 Å². The Kier molecular flexibility index (Phi) is 7.48. The Labute approximate surface area is 280 Å². The molecule has 3 N–H and O–H groups in total. The fourth-order valence-electron chi connectivity index (χ4n) is 8.31. The molecule has 4 aromatic rings. The van der Waals surface area contributed by atoms with Crippen LogP contribution in [0.1, 0.15) is 37.7 Å². The molecule has 250 valence electrons. The van der Waals surface area contributed by atoms with Crippen molar-refractivity contribution in [3.05, 3.63) is 52.6 Å². The second-order valence-electron chi connectivity index (χ2n) is 13.2. The minimum atomic E-state index is -1.81. The highest BCUT2D eigenvalue weighted by Crippen LogP contribution is 2.47. The molecule has 0 saturated carbocycles. The molecule has 0 spiro atoms. The summed E-state index contributed by atoms with van der Waals surface area (Å²) in [6.07, 6.45) is 1.19. The van der Waals surface area contributed by atoms with Gasteiger partial charge >= 0.3 is 6.01 Å². The monoisotopic (exact) mass is 701 g/mol. The molecule has 4 saturated heterocycles. The van der Waals surface area contributed by atoms with Gasteiger partial charge in [0.05, 0.1) is 26.4 Å². The average molecular weight is 702 g/mol. The Balaban J connectivity index is 1.30. The number of hydrogen-bond donors (Lipinski definition) is 2. The Hall–Kier alpha value is -3.77. The van der Waals surface area contributed by atoms with Gasteiger partial charge in [0.15, 0.2) is 5.82 Å². The number of nitriles is 1. The summed E-state index contributed by atoms with van der Waals surface area (Å²) in [6.45, 7) is 1.67. The van der Waals surface area contributed by atoms with Crippen molar-refractivity contribution in [1.82, 2.24) is 20.2 Å². The Morgan fingerprint density at radius 2 is 2.08 bits per heavy atom. The van der Waals surface area contributed by atoms with Gasteiger partial charge in [0, 0.05) is 54.5 Å². The molecule has 0 radical (unpaired) electrons. The van der Waals surface area contributed by atoms with Gasteiger partial charge in [-0.15, -0.1) is 11.3 Å². The summed E-state index contributed by atoms with van der Waals surface area (Å²) in [6, 6.07) is 5.72. The molecule has 1 unspecified atom stereocenters. The van der Waals surface area contributed by atoms with Crippen molar-refractivity contribution >= 4 is 54.7 Å². The molecule has 2 aromatic carbocycles. The fourth-order valence-corrected chi connectivity index (χ4v) is 9.56. The topological polar surface area (TPSA) is 103 Å². The zero-order valence-corrected chi connectivity index (χ0v) is 27.0. The number of fused-ring (bicyclic) bond motifs is 5. The number of thiophene rings is 1. The lowest BCUT2D eigenvalue weighted by Crippen LogP contribution is -2.59. The highest BCUT2D eigenvalue weighted by molar-refractivity contribution is 7.23. The SMILES string of the molecule is N#Cc1c(N)sc2c(F)ccc(-c3c(Cl)cc4c(N5C[C@@H]6CCC(C=C(F)F)(C5)N6)nc(OC[C@@]56CCCN5C[C@H](F)C6)nc4c3F)c12. The van der Waals surface area contributed by atoms with Crippen LogP contribution in [0.15, 0.2) is 30.4 Å². The van der Waals surface area contributed by atoms with Crippen molar-refractivity contribution < 1.29 is 26.7 Å². The number of ether oxygens (including phenoxy) is 1. The number of halogens is 6. The molecule has 8 nitrogen and oxygen atoms in total. The predicted octanol–water partition coefficient (Wildman–Crippen LogP) is 6.94. The zero-order valence-electron chi connectivity index (χ0n) is 25.4. The normalized spacial score (nSPS) is 26.7. The number of rotatable bonds is 6. The van der Waals surface area contributed by atoms with E-state index >= 15 is 4.39 Å². The van der Waals surface area contributed by atoms with E-state index in [4.69, 9.17) is 27.1 Å². The van der Waals surface area contributed by atoms with Gasteiger partial charge in [0.25, 0.3) is 6.08 Å². The predicted molar refractivity (Wildman–Crippen MR) is 174 cm³/mol. The van der Waals surface area contributed by atoms with Crippen LogP contribution >= 0.6 is 22.9 Å². The van der Waals surface area contributed by atoms with Crippen molar-refractivity contribution in [1.29, 1.82) is 5.26 Å². The molecule has 2 bridgehead atoms. The first-order chi connectivity index (χ1) is 23.0. The molecule has 4 atom stereocenters. The largest absolute Gasteiger partial charge is 0.461 e. The van der Waals surface area contributed by atoms with Gasteiger partial charge < -0.3 is 20.7 Å². The highest BCUT2D eigenvalue weighted by Gasteiger charge is 2.50. The van der Waals surface area contributed by atoms with E-state index < -0.39 is 35.0 Å². The molecular formula is C33H29ClF5N7OS. The lowest BCUT2D eigenvalue weighted by Gasteiger charge is -2.40. The van der Waals surface area contributed by atoms with E-state index in [2.05, 4.69) is 15.2 Å². The van der Waals surface area contributed by atoms with E-state index in [0.717, 1.165) is 42.9 Å². The summed E-state index contributed by atoms with van der Waals surface area (Å²) in [4.78, 5) is 13.1. The second kappa shape index (κ2) is 11.4. The van der Waals surface area contributed by atoms with E-state index in [1.54, 1.807) is 0 Å². The summed E-state index contributed by atoms with van der Waals surface area (Å²) in [5.41, 5.74) is 4.39. The Morgan fingerprint density at radius 3 is 2.88 bits per heavy atom. The molecule has 6 heterocycles. The van der Waals surface area contributed by atoms with E-state index in [9.17, 15) is 22.8 Å². The number of benzene rings is 2. The van der Waals surface area contributed by atoms with Crippen LogP contribution in [0.25, 0.3) is 32.1 Å². The number of nitrogens with two attached hydrogens (primary N) is 1. The van der Waals surface area contributed by atoms with Crippen LogP contribution in [0, 0.1) is 23.0 Å². The molecule has 0 aliphatic carbocycles. The molecule has 4 aliphatic heterocycles. The number of hydrogen-bond acceptors (Lipinski definition) is 9. The van der Waals surface area contributed by atoms with Crippen molar-refractivity contribution in [3.63, 3.8) is 0 Å². The zero-order chi connectivity index (χ0) is 33.5. The van der Waals surface area contributed by atoms with Gasteiger partial charge in [-0.25, -0.2) is 13.2 Å². The lowest BCUT2D eigenvalue weighted by atomic mass is 9.95. The number of anilines is 2. The Bertz CT molecular complexity index is 2070. The summed E-state index contributed by atoms with van der Waals surface area (Å²) in [7, 11) is 0. The average Bonchev–Trinajstić information content (AvgIpc) is 3.75. The van der Waals surface area contributed by atoms with Crippen LogP contribution in [0.5, 0.6) is 6.01 Å². The van der Waals surface area contributed by atoms with Gasteiger partial charge in [0.1, 0.15) is 41.0 Å². The molecule has 8 rings (SSSR count). The van der Waals surface area contributed by atoms with Gasteiger partial charge in [-0.2, -0.15) is 24.0 Å². The highest BCUT2D eigenvalue weighted by atomic mass is 35.5. The summed E-state index contributed by atoms with van der Waals surface area (Å²) in [5, 5.41) is 13.5. The second-order valence-corrected chi connectivity index (χ2v) is 14.7. The van der Waals surface area contributed by atoms with E-state index in [0.29, 0.717) is 32.4 Å². The standard InChI is InChI=1S/C33H29ClF5N7OS/c34-21-8-19-27(26(39)25(21)18-2-3-22(36)28-24(18)20(11-40)29(41)48-28)42-31(47-15-33-5-1-7-46(33)12-16(35)9-33)43-30(19)45-13-17-4-6-32(14-45,44-17)10-23(37)38/h2-3,8,10,16-17,44H,1,4-7,9,12-15,41H2/t16-,17+,32?,33+/m1/s1. The summed E-state index contributed by atoms with van der Waals surface area (Å²) in [5.74, 6) is -1.22. The minimum absolute atomic E-state index is 0.00491. The smallest absolute Gasteiger partial charge is 0.319 e. The molecule has 4 aliphatic rings. The quantitative estimate of drug-likeness (QED) is 0.209. The molecule has 0 amide bonds. The molecular weight excluding hydrogens is 673 g/mol. The van der Waals surface area contributed by atoms with E-state index in [1.165, 1.54) is 12.1 Å². The maximum Gasteiger partial charge on any atom is 0.319 e. The van der Waals surface area contributed by atoms with Crippen LogP contribution in [0.4, 0.5) is 32.8 Å². The maximum absolute atomic E-state index is 17.0. The molecule has 48 heavy (non-hydrogen) atoms. The van der Waals surface area contributed by atoms with Gasteiger partial charge in [0.2, 0.25) is 0 Å². The number of nitrogens with zero attached hydrogens (tertiary/aromatic N) is 5. The molecule has 15 heteroatoms.